The Morgan fingerprint density at radius 3 is 2.30 bits per heavy atom. The van der Waals surface area contributed by atoms with Crippen LogP contribution in [0.15, 0.2) is 53.9 Å². The Labute approximate surface area is 171 Å². The van der Waals surface area contributed by atoms with Gasteiger partial charge in [0.2, 0.25) is 5.91 Å². The van der Waals surface area contributed by atoms with Crippen molar-refractivity contribution in [1.82, 2.24) is 4.98 Å². The molecule has 0 atom stereocenters. The van der Waals surface area contributed by atoms with Gasteiger partial charge in [0.15, 0.2) is 5.13 Å². The Morgan fingerprint density at radius 2 is 1.67 bits per heavy atom. The molecule has 0 aliphatic rings. The van der Waals surface area contributed by atoms with Gasteiger partial charge in [0.25, 0.3) is 5.91 Å². The molecule has 11 heteroatoms. The minimum absolute atomic E-state index is 0.107. The van der Waals surface area contributed by atoms with Crippen LogP contribution in [0.5, 0.6) is 5.75 Å². The molecule has 0 saturated carbocycles. The molecular formula is C19H13F4N3O3S. The van der Waals surface area contributed by atoms with Gasteiger partial charge in [-0.2, -0.15) is 0 Å². The van der Waals surface area contributed by atoms with Crippen LogP contribution in [0.1, 0.15) is 16.1 Å². The number of anilines is 2. The van der Waals surface area contributed by atoms with E-state index < -0.39 is 29.7 Å². The summed E-state index contributed by atoms with van der Waals surface area (Å²) in [5.41, 5.74) is 0.933. The Hall–Kier alpha value is -3.47. The van der Waals surface area contributed by atoms with Gasteiger partial charge in [-0.25, -0.2) is 9.37 Å². The summed E-state index contributed by atoms with van der Waals surface area (Å²) in [5.74, 6) is -1.78. The van der Waals surface area contributed by atoms with Crippen LogP contribution >= 0.6 is 11.3 Å². The summed E-state index contributed by atoms with van der Waals surface area (Å²) in [6, 6.07) is 9.69. The highest BCUT2D eigenvalue weighted by Gasteiger charge is 2.30. The van der Waals surface area contributed by atoms with Crippen molar-refractivity contribution in [2.24, 2.45) is 0 Å². The molecular weight excluding hydrogens is 426 g/mol. The zero-order chi connectivity index (χ0) is 21.7. The number of hydrogen-bond acceptors (Lipinski definition) is 5. The summed E-state index contributed by atoms with van der Waals surface area (Å²) in [6.07, 6.45) is -4.90. The molecule has 0 saturated heterocycles. The van der Waals surface area contributed by atoms with E-state index in [-0.39, 0.29) is 22.8 Å². The molecule has 0 aliphatic heterocycles. The summed E-state index contributed by atoms with van der Waals surface area (Å²) >= 11 is 1.11. The molecule has 2 N–H and O–H groups in total. The van der Waals surface area contributed by atoms with Gasteiger partial charge in [-0.05, 0) is 48.5 Å². The third kappa shape index (κ3) is 6.27. The van der Waals surface area contributed by atoms with Crippen molar-refractivity contribution in [2.45, 2.75) is 12.8 Å². The Kier molecular flexibility index (Phi) is 6.31. The standard InChI is InChI=1S/C19H13F4N3O3S/c20-12-3-1-11(2-4-12)17(28)26-18-25-14(10-30-18)9-16(27)24-13-5-7-15(8-6-13)29-19(21,22)23/h1-8,10H,9H2,(H,24,27)(H,25,26,28). The van der Waals surface area contributed by atoms with Crippen molar-refractivity contribution < 1.29 is 31.9 Å². The average Bonchev–Trinajstić information content (AvgIpc) is 3.09. The van der Waals surface area contributed by atoms with E-state index in [1.807, 2.05) is 0 Å². The van der Waals surface area contributed by atoms with Crippen molar-refractivity contribution >= 4 is 34.0 Å². The lowest BCUT2D eigenvalue weighted by Crippen LogP contribution is -2.17. The smallest absolute Gasteiger partial charge is 0.406 e. The highest BCUT2D eigenvalue weighted by atomic mass is 32.1. The number of carbonyl (C=O) groups is 2. The van der Waals surface area contributed by atoms with Crippen LogP contribution in [-0.4, -0.2) is 23.2 Å². The molecule has 0 aliphatic carbocycles. The monoisotopic (exact) mass is 439 g/mol. The number of rotatable bonds is 6. The molecule has 1 heterocycles. The molecule has 0 radical (unpaired) electrons. The minimum atomic E-state index is -4.79. The van der Waals surface area contributed by atoms with Gasteiger partial charge in [0.1, 0.15) is 11.6 Å². The molecule has 3 rings (SSSR count). The van der Waals surface area contributed by atoms with E-state index >= 15 is 0 Å². The van der Waals surface area contributed by atoms with Gasteiger partial charge in [-0.15, -0.1) is 24.5 Å². The number of halogens is 4. The fraction of sp³-hybridized carbons (Fsp3) is 0.105. The van der Waals surface area contributed by atoms with Gasteiger partial charge in [0, 0.05) is 16.6 Å². The number of benzene rings is 2. The second kappa shape index (κ2) is 8.91. The third-order valence-electron chi connectivity index (χ3n) is 3.59. The predicted octanol–water partition coefficient (Wildman–Crippen LogP) is 4.61. The average molecular weight is 439 g/mol. The highest BCUT2D eigenvalue weighted by molar-refractivity contribution is 7.14. The number of nitrogens with zero attached hydrogens (tertiary/aromatic N) is 1. The van der Waals surface area contributed by atoms with Crippen LogP contribution in [0.3, 0.4) is 0 Å². The molecule has 2 amide bonds. The maximum absolute atomic E-state index is 12.9. The van der Waals surface area contributed by atoms with Crippen molar-refractivity contribution in [3.05, 3.63) is 71.0 Å². The first-order chi connectivity index (χ1) is 14.2. The molecule has 0 bridgehead atoms. The lowest BCUT2D eigenvalue weighted by Gasteiger charge is -2.09. The number of ether oxygens (including phenoxy) is 1. The zero-order valence-corrected chi connectivity index (χ0v) is 15.8. The summed E-state index contributed by atoms with van der Waals surface area (Å²) in [7, 11) is 0. The van der Waals surface area contributed by atoms with Gasteiger partial charge >= 0.3 is 6.36 Å². The van der Waals surface area contributed by atoms with Crippen LogP contribution in [0.2, 0.25) is 0 Å². The van der Waals surface area contributed by atoms with E-state index in [4.69, 9.17) is 0 Å². The highest BCUT2D eigenvalue weighted by Crippen LogP contribution is 2.24. The van der Waals surface area contributed by atoms with E-state index in [2.05, 4.69) is 20.4 Å². The molecule has 0 unspecified atom stereocenters. The number of nitrogens with one attached hydrogen (secondary N) is 2. The first-order valence-electron chi connectivity index (χ1n) is 8.35. The molecule has 2 aromatic carbocycles. The van der Waals surface area contributed by atoms with Crippen molar-refractivity contribution in [3.8, 4) is 5.75 Å². The fourth-order valence-corrected chi connectivity index (χ4v) is 3.03. The van der Waals surface area contributed by atoms with Crippen LogP contribution < -0.4 is 15.4 Å². The molecule has 0 spiro atoms. The maximum atomic E-state index is 12.9. The summed E-state index contributed by atoms with van der Waals surface area (Å²) in [5, 5.41) is 6.93. The lowest BCUT2D eigenvalue weighted by molar-refractivity contribution is -0.274. The van der Waals surface area contributed by atoms with Crippen molar-refractivity contribution in [2.75, 3.05) is 10.6 Å². The quantitative estimate of drug-likeness (QED) is 0.550. The van der Waals surface area contributed by atoms with Crippen LogP contribution in [0.25, 0.3) is 0 Å². The van der Waals surface area contributed by atoms with Crippen LogP contribution in [0, 0.1) is 5.82 Å². The second-order valence-electron chi connectivity index (χ2n) is 5.90. The molecule has 0 fully saturated rings. The number of thiazole rings is 1. The first-order valence-corrected chi connectivity index (χ1v) is 9.23. The van der Waals surface area contributed by atoms with Crippen molar-refractivity contribution in [3.63, 3.8) is 0 Å². The lowest BCUT2D eigenvalue weighted by atomic mass is 10.2. The number of carbonyl (C=O) groups excluding carboxylic acids is 2. The van der Waals surface area contributed by atoms with E-state index in [1.165, 1.54) is 24.3 Å². The molecule has 156 valence electrons. The number of amides is 2. The van der Waals surface area contributed by atoms with Gasteiger partial charge in [-0.1, -0.05) is 0 Å². The first kappa shape index (κ1) is 21.2. The second-order valence-corrected chi connectivity index (χ2v) is 6.76. The van der Waals surface area contributed by atoms with Crippen molar-refractivity contribution in [1.29, 1.82) is 0 Å². The molecule has 30 heavy (non-hydrogen) atoms. The number of alkyl halides is 3. The Morgan fingerprint density at radius 1 is 1.00 bits per heavy atom. The van der Waals surface area contributed by atoms with Gasteiger partial charge in [0.05, 0.1) is 12.1 Å². The summed E-state index contributed by atoms with van der Waals surface area (Å²) < 4.78 is 53.1. The minimum Gasteiger partial charge on any atom is -0.406 e. The zero-order valence-electron chi connectivity index (χ0n) is 15.0. The van der Waals surface area contributed by atoms with Gasteiger partial charge < -0.3 is 10.1 Å². The van der Waals surface area contributed by atoms with E-state index in [9.17, 15) is 27.2 Å². The fourth-order valence-electron chi connectivity index (χ4n) is 2.33. The normalized spacial score (nSPS) is 11.1. The number of hydrogen-bond donors (Lipinski definition) is 2. The van der Waals surface area contributed by atoms with E-state index in [0.29, 0.717) is 5.69 Å². The van der Waals surface area contributed by atoms with Gasteiger partial charge in [-0.3, -0.25) is 14.9 Å². The number of aromatic nitrogens is 1. The largest absolute Gasteiger partial charge is 0.573 e. The molecule has 3 aromatic rings. The Bertz CT molecular complexity index is 1030. The topological polar surface area (TPSA) is 80.3 Å². The van der Waals surface area contributed by atoms with Crippen LogP contribution in [0.4, 0.5) is 28.4 Å². The predicted molar refractivity (Wildman–Crippen MR) is 102 cm³/mol. The summed E-state index contributed by atoms with van der Waals surface area (Å²) in [6.45, 7) is 0. The maximum Gasteiger partial charge on any atom is 0.573 e. The molecule has 1 aromatic heterocycles. The third-order valence-corrected chi connectivity index (χ3v) is 4.40. The Balaban J connectivity index is 1.53. The van der Waals surface area contributed by atoms with Crippen LogP contribution in [-0.2, 0) is 11.2 Å². The molecule has 6 nitrogen and oxygen atoms in total. The summed E-state index contributed by atoms with van der Waals surface area (Å²) in [4.78, 5) is 28.3. The van der Waals surface area contributed by atoms with E-state index in [0.717, 1.165) is 35.6 Å². The SMILES string of the molecule is O=C(Cc1csc(NC(=O)c2ccc(F)cc2)n1)Nc1ccc(OC(F)(F)F)cc1. The van der Waals surface area contributed by atoms with E-state index in [1.54, 1.807) is 5.38 Å².